The van der Waals surface area contributed by atoms with E-state index in [2.05, 4.69) is 5.32 Å². The number of benzene rings is 2. The lowest BCUT2D eigenvalue weighted by Crippen LogP contribution is -2.16. The average molecular weight is 281 g/mol. The Balaban J connectivity index is 2.04. The fourth-order valence-corrected chi connectivity index (χ4v) is 2.28. The van der Waals surface area contributed by atoms with Crippen LogP contribution in [0.5, 0.6) is 0 Å². The van der Waals surface area contributed by atoms with Crippen molar-refractivity contribution >= 4 is 17.4 Å². The van der Waals surface area contributed by atoms with E-state index < -0.39 is 0 Å². The van der Waals surface area contributed by atoms with Gasteiger partial charge < -0.3 is 5.32 Å². The van der Waals surface area contributed by atoms with Crippen molar-refractivity contribution in [1.29, 1.82) is 0 Å². The monoisotopic (exact) mass is 281 g/mol. The fraction of sp³-hybridized carbons (Fsp3) is 0.222. The maximum absolute atomic E-state index is 12.1. The van der Waals surface area contributed by atoms with Crippen LogP contribution in [0, 0.1) is 0 Å². The number of Topliss-reactive ketones (excluding diaryl/α,β-unsaturated/α-hetero) is 1. The first kappa shape index (κ1) is 15.0. The van der Waals surface area contributed by atoms with Gasteiger partial charge in [0.25, 0.3) is 0 Å². The minimum atomic E-state index is -0.0833. The van der Waals surface area contributed by atoms with Crippen LogP contribution in [-0.2, 0) is 4.79 Å². The van der Waals surface area contributed by atoms with Crippen molar-refractivity contribution in [3.63, 3.8) is 0 Å². The lowest BCUT2D eigenvalue weighted by Gasteiger charge is -2.13. The summed E-state index contributed by atoms with van der Waals surface area (Å²) < 4.78 is 0. The molecule has 21 heavy (non-hydrogen) atoms. The molecule has 1 N–H and O–H groups in total. The Morgan fingerprint density at radius 1 is 1.00 bits per heavy atom. The smallest absolute Gasteiger partial charge is 0.224 e. The first-order valence-electron chi connectivity index (χ1n) is 7.02. The molecule has 3 heteroatoms. The van der Waals surface area contributed by atoms with Gasteiger partial charge in [-0.15, -0.1) is 0 Å². The maximum Gasteiger partial charge on any atom is 0.224 e. The van der Waals surface area contributed by atoms with Crippen LogP contribution < -0.4 is 5.32 Å². The van der Waals surface area contributed by atoms with Crippen molar-refractivity contribution in [2.45, 2.75) is 26.2 Å². The van der Waals surface area contributed by atoms with E-state index in [1.807, 2.05) is 43.3 Å². The van der Waals surface area contributed by atoms with Crippen LogP contribution >= 0.6 is 0 Å². The summed E-state index contributed by atoms with van der Waals surface area (Å²) in [5, 5.41) is 2.83. The van der Waals surface area contributed by atoms with Crippen molar-refractivity contribution < 1.29 is 9.59 Å². The van der Waals surface area contributed by atoms with Crippen LogP contribution in [0.4, 0.5) is 5.69 Å². The number of anilines is 1. The summed E-state index contributed by atoms with van der Waals surface area (Å²) in [7, 11) is 0. The van der Waals surface area contributed by atoms with Crippen molar-refractivity contribution in [2.75, 3.05) is 5.32 Å². The van der Waals surface area contributed by atoms with E-state index >= 15 is 0 Å². The van der Waals surface area contributed by atoms with E-state index in [1.54, 1.807) is 18.2 Å². The third-order valence-corrected chi connectivity index (χ3v) is 3.44. The van der Waals surface area contributed by atoms with E-state index in [0.29, 0.717) is 17.7 Å². The molecule has 0 heterocycles. The second kappa shape index (κ2) is 6.84. The summed E-state index contributed by atoms with van der Waals surface area (Å²) in [5.41, 5.74) is 2.25. The third kappa shape index (κ3) is 4.02. The van der Waals surface area contributed by atoms with E-state index in [-0.39, 0.29) is 17.6 Å². The van der Waals surface area contributed by atoms with Gasteiger partial charge in [-0.1, -0.05) is 49.4 Å². The van der Waals surface area contributed by atoms with Gasteiger partial charge in [0.15, 0.2) is 5.78 Å². The lowest BCUT2D eigenvalue weighted by molar-refractivity contribution is -0.116. The molecular formula is C18H19NO2. The number of hydrogen-bond acceptors (Lipinski definition) is 2. The van der Waals surface area contributed by atoms with Gasteiger partial charge in [-0.3, -0.25) is 9.59 Å². The van der Waals surface area contributed by atoms with Gasteiger partial charge in [0, 0.05) is 12.0 Å². The van der Waals surface area contributed by atoms with E-state index in [4.69, 9.17) is 0 Å². The molecule has 108 valence electrons. The van der Waals surface area contributed by atoms with Gasteiger partial charge in [-0.2, -0.15) is 0 Å². The zero-order chi connectivity index (χ0) is 15.2. The number of ketones is 1. The zero-order valence-electron chi connectivity index (χ0n) is 12.3. The van der Waals surface area contributed by atoms with Crippen LogP contribution in [0.2, 0.25) is 0 Å². The second-order valence-corrected chi connectivity index (χ2v) is 5.17. The molecule has 1 amide bonds. The second-order valence-electron chi connectivity index (χ2n) is 5.17. The molecule has 2 aromatic carbocycles. The van der Waals surface area contributed by atoms with E-state index in [1.165, 1.54) is 6.92 Å². The van der Waals surface area contributed by atoms with Crippen molar-refractivity contribution in [2.24, 2.45) is 0 Å². The predicted octanol–water partition coefficient (Wildman–Crippen LogP) is 4.02. The molecule has 0 radical (unpaired) electrons. The first-order chi connectivity index (χ1) is 10.1. The summed E-state index contributed by atoms with van der Waals surface area (Å²) in [6, 6.07) is 17.0. The summed E-state index contributed by atoms with van der Waals surface area (Å²) in [4.78, 5) is 23.7. The quantitative estimate of drug-likeness (QED) is 0.841. The number of amides is 1. The van der Waals surface area contributed by atoms with Crippen LogP contribution in [0.1, 0.15) is 42.1 Å². The number of para-hydroxylation sites is 1. The van der Waals surface area contributed by atoms with Gasteiger partial charge in [-0.25, -0.2) is 0 Å². The standard InChI is InChI=1S/C18H19NO2/c1-13(15-8-4-3-5-9-15)12-18(21)19-17-11-7-6-10-16(17)14(2)20/h3-11,13H,12H2,1-2H3,(H,19,21). The largest absolute Gasteiger partial charge is 0.325 e. The summed E-state index contributed by atoms with van der Waals surface area (Å²) in [5.74, 6) is -0.00208. The van der Waals surface area contributed by atoms with Crippen molar-refractivity contribution in [3.05, 3.63) is 65.7 Å². The number of carbonyl (C=O) groups is 2. The molecule has 1 atom stereocenters. The molecule has 1 unspecified atom stereocenters. The molecule has 0 bridgehead atoms. The predicted molar refractivity (Wildman–Crippen MR) is 84.6 cm³/mol. The molecule has 0 aliphatic rings. The molecular weight excluding hydrogens is 262 g/mol. The SMILES string of the molecule is CC(=O)c1ccccc1NC(=O)CC(C)c1ccccc1. The average Bonchev–Trinajstić information content (AvgIpc) is 2.48. The Morgan fingerprint density at radius 2 is 1.62 bits per heavy atom. The minimum Gasteiger partial charge on any atom is -0.325 e. The van der Waals surface area contributed by atoms with Gasteiger partial charge in [0.2, 0.25) is 5.91 Å². The van der Waals surface area contributed by atoms with Crippen LogP contribution in [0.25, 0.3) is 0 Å². The number of carbonyl (C=O) groups excluding carboxylic acids is 2. The van der Waals surface area contributed by atoms with Gasteiger partial charge in [0.1, 0.15) is 0 Å². The summed E-state index contributed by atoms with van der Waals surface area (Å²) in [6.07, 6.45) is 0.385. The van der Waals surface area contributed by atoms with Crippen molar-refractivity contribution in [3.8, 4) is 0 Å². The maximum atomic E-state index is 12.1. The van der Waals surface area contributed by atoms with Gasteiger partial charge in [-0.05, 0) is 30.5 Å². The van der Waals surface area contributed by atoms with Crippen molar-refractivity contribution in [1.82, 2.24) is 0 Å². The normalized spacial score (nSPS) is 11.7. The molecule has 0 aliphatic heterocycles. The van der Waals surface area contributed by atoms with E-state index in [9.17, 15) is 9.59 Å². The highest BCUT2D eigenvalue weighted by molar-refractivity contribution is 6.03. The molecule has 0 fully saturated rings. The topological polar surface area (TPSA) is 46.2 Å². The highest BCUT2D eigenvalue weighted by Crippen LogP contribution is 2.21. The minimum absolute atomic E-state index is 0.0537. The number of rotatable bonds is 5. The Labute approximate surface area is 125 Å². The van der Waals surface area contributed by atoms with Crippen LogP contribution in [-0.4, -0.2) is 11.7 Å². The number of hydrogen-bond donors (Lipinski definition) is 1. The molecule has 0 aliphatic carbocycles. The Morgan fingerprint density at radius 3 is 2.29 bits per heavy atom. The Bertz CT molecular complexity index is 635. The summed E-state index contributed by atoms with van der Waals surface area (Å²) >= 11 is 0. The first-order valence-corrected chi connectivity index (χ1v) is 7.02. The molecule has 3 nitrogen and oxygen atoms in total. The molecule has 0 saturated carbocycles. The summed E-state index contributed by atoms with van der Waals surface area (Å²) in [6.45, 7) is 3.52. The molecule has 0 spiro atoms. The molecule has 0 saturated heterocycles. The Hall–Kier alpha value is -2.42. The third-order valence-electron chi connectivity index (χ3n) is 3.44. The zero-order valence-corrected chi connectivity index (χ0v) is 12.3. The molecule has 0 aromatic heterocycles. The van der Waals surface area contributed by atoms with Crippen LogP contribution in [0.15, 0.2) is 54.6 Å². The number of nitrogens with one attached hydrogen (secondary N) is 1. The fourth-order valence-electron chi connectivity index (χ4n) is 2.28. The molecule has 2 rings (SSSR count). The highest BCUT2D eigenvalue weighted by Gasteiger charge is 2.13. The Kier molecular flexibility index (Phi) is 4.88. The van der Waals surface area contributed by atoms with E-state index in [0.717, 1.165) is 5.56 Å². The molecule has 2 aromatic rings. The van der Waals surface area contributed by atoms with Gasteiger partial charge in [0.05, 0.1) is 5.69 Å². The van der Waals surface area contributed by atoms with Gasteiger partial charge >= 0.3 is 0 Å². The van der Waals surface area contributed by atoms with Crippen LogP contribution in [0.3, 0.4) is 0 Å². The highest BCUT2D eigenvalue weighted by atomic mass is 16.1. The lowest BCUT2D eigenvalue weighted by atomic mass is 9.97.